The van der Waals surface area contributed by atoms with Gasteiger partial charge in [-0.2, -0.15) is 9.61 Å². The van der Waals surface area contributed by atoms with Gasteiger partial charge in [-0.3, -0.25) is 0 Å². The number of benzene rings is 3. The number of nitrogens with two attached hydrogens (primary N) is 1. The van der Waals surface area contributed by atoms with Crippen LogP contribution in [0.5, 0.6) is 11.5 Å². The van der Waals surface area contributed by atoms with E-state index in [1.807, 2.05) is 84.9 Å². The summed E-state index contributed by atoms with van der Waals surface area (Å²) >= 11 is 0. The summed E-state index contributed by atoms with van der Waals surface area (Å²) in [6.07, 6.45) is 0. The maximum atomic E-state index is 6.43. The minimum Gasteiger partial charge on any atom is -0.457 e. The Balaban J connectivity index is 1.44. The van der Waals surface area contributed by atoms with Crippen molar-refractivity contribution in [2.45, 2.75) is 0 Å². The van der Waals surface area contributed by atoms with Crippen molar-refractivity contribution in [3.8, 4) is 34.3 Å². The van der Waals surface area contributed by atoms with Crippen molar-refractivity contribution >= 4 is 22.5 Å². The van der Waals surface area contributed by atoms with E-state index in [-0.39, 0.29) is 0 Å². The Morgan fingerprint density at radius 2 is 1.62 bits per heavy atom. The van der Waals surface area contributed by atoms with Gasteiger partial charge in [-0.1, -0.05) is 42.5 Å². The summed E-state index contributed by atoms with van der Waals surface area (Å²) in [5, 5.41) is 13.3. The second-order valence-electron chi connectivity index (χ2n) is 7.25. The van der Waals surface area contributed by atoms with Gasteiger partial charge in [0.1, 0.15) is 11.5 Å². The number of hydrogen-bond acceptors (Lipinski definition) is 6. The molecule has 0 radical (unpaired) electrons. The molecule has 32 heavy (non-hydrogen) atoms. The van der Waals surface area contributed by atoms with Gasteiger partial charge < -0.3 is 15.5 Å². The van der Waals surface area contributed by atoms with Crippen LogP contribution in [0.15, 0.2) is 84.9 Å². The number of aromatic amines is 1. The number of rotatable bonds is 4. The van der Waals surface area contributed by atoms with E-state index in [1.54, 1.807) is 4.52 Å². The number of H-pyrrole nitrogens is 1. The lowest BCUT2D eigenvalue weighted by Crippen LogP contribution is -2.06. The highest BCUT2D eigenvalue weighted by atomic mass is 16.5. The number of fused-ring (bicyclic) bond motifs is 2. The molecule has 6 aromatic rings. The molecular weight excluding hydrogens is 402 g/mol. The van der Waals surface area contributed by atoms with Gasteiger partial charge in [-0.25, -0.2) is 4.98 Å². The Bertz CT molecular complexity index is 1540. The quantitative estimate of drug-likeness (QED) is 0.429. The molecule has 0 aliphatic heterocycles. The average Bonchev–Trinajstić information content (AvgIpc) is 3.45. The van der Waals surface area contributed by atoms with Crippen molar-refractivity contribution in [3.63, 3.8) is 0 Å². The standard InChI is InChI=1S/C24H17N7O/c25-23-22(24-26-17-11-5-6-12-18(17)27-24)29-28-21-14-19(30-31(21)23)16-10-4-7-13-20(16)32-15-8-2-1-3-9-15/h1-14H,25H2,(H,26,27). The summed E-state index contributed by atoms with van der Waals surface area (Å²) in [4.78, 5) is 7.81. The van der Waals surface area contributed by atoms with Crippen LogP contribution in [0.1, 0.15) is 0 Å². The minimum absolute atomic E-state index is 0.349. The van der Waals surface area contributed by atoms with Crippen LogP contribution in [0, 0.1) is 0 Å². The molecule has 6 rings (SSSR count). The van der Waals surface area contributed by atoms with Crippen molar-refractivity contribution in [1.29, 1.82) is 0 Å². The van der Waals surface area contributed by atoms with Crippen molar-refractivity contribution in [2.75, 3.05) is 5.73 Å². The lowest BCUT2D eigenvalue weighted by atomic mass is 10.1. The smallest absolute Gasteiger partial charge is 0.180 e. The first-order valence-electron chi connectivity index (χ1n) is 10.1. The largest absolute Gasteiger partial charge is 0.457 e. The zero-order valence-electron chi connectivity index (χ0n) is 16.8. The second kappa shape index (κ2) is 7.21. The molecule has 0 amide bonds. The zero-order valence-corrected chi connectivity index (χ0v) is 16.8. The SMILES string of the molecule is Nc1c(-c2nc3ccccc3[nH]2)nnc2cc(-c3ccccc3Oc3ccccc3)nn12. The first-order valence-corrected chi connectivity index (χ1v) is 10.1. The summed E-state index contributed by atoms with van der Waals surface area (Å²) in [6.45, 7) is 0. The molecule has 0 bridgehead atoms. The third-order valence-corrected chi connectivity index (χ3v) is 5.16. The lowest BCUT2D eigenvalue weighted by molar-refractivity contribution is 0.484. The molecule has 3 N–H and O–H groups in total. The molecule has 0 saturated heterocycles. The van der Waals surface area contributed by atoms with E-state index >= 15 is 0 Å². The van der Waals surface area contributed by atoms with Crippen LogP contribution in [0.3, 0.4) is 0 Å². The molecule has 0 fully saturated rings. The molecule has 0 aliphatic rings. The predicted octanol–water partition coefficient (Wildman–Crippen LogP) is 4.71. The Morgan fingerprint density at radius 3 is 2.50 bits per heavy atom. The fourth-order valence-corrected chi connectivity index (χ4v) is 3.62. The van der Waals surface area contributed by atoms with Crippen LogP contribution in [-0.4, -0.2) is 29.8 Å². The topological polar surface area (TPSA) is 107 Å². The summed E-state index contributed by atoms with van der Waals surface area (Å²) < 4.78 is 7.66. The maximum Gasteiger partial charge on any atom is 0.180 e. The van der Waals surface area contributed by atoms with Crippen LogP contribution in [0.4, 0.5) is 5.82 Å². The molecule has 3 aromatic heterocycles. The number of imidazole rings is 1. The highest BCUT2D eigenvalue weighted by molar-refractivity contribution is 5.81. The third kappa shape index (κ3) is 3.02. The zero-order chi connectivity index (χ0) is 21.5. The summed E-state index contributed by atoms with van der Waals surface area (Å²) in [5.41, 5.74) is 10.6. The van der Waals surface area contributed by atoms with Crippen molar-refractivity contribution in [1.82, 2.24) is 29.8 Å². The molecule has 0 unspecified atom stereocenters. The van der Waals surface area contributed by atoms with E-state index in [9.17, 15) is 0 Å². The number of ether oxygens (including phenoxy) is 1. The molecule has 154 valence electrons. The van der Waals surface area contributed by atoms with Gasteiger partial charge in [0.25, 0.3) is 0 Å². The Hall–Kier alpha value is -4.72. The molecule has 0 atom stereocenters. The van der Waals surface area contributed by atoms with Crippen molar-refractivity contribution < 1.29 is 4.74 Å². The predicted molar refractivity (Wildman–Crippen MR) is 122 cm³/mol. The molecular formula is C24H17N7O. The van der Waals surface area contributed by atoms with E-state index in [0.29, 0.717) is 34.4 Å². The van der Waals surface area contributed by atoms with E-state index in [1.165, 1.54) is 0 Å². The van der Waals surface area contributed by atoms with E-state index in [4.69, 9.17) is 15.6 Å². The summed E-state index contributed by atoms with van der Waals surface area (Å²) in [6, 6.07) is 26.9. The van der Waals surface area contributed by atoms with Gasteiger partial charge in [-0.15, -0.1) is 10.2 Å². The molecule has 3 aromatic carbocycles. The van der Waals surface area contributed by atoms with Crippen LogP contribution in [-0.2, 0) is 0 Å². The fraction of sp³-hybridized carbons (Fsp3) is 0. The van der Waals surface area contributed by atoms with Gasteiger partial charge in [-0.05, 0) is 36.4 Å². The van der Waals surface area contributed by atoms with Gasteiger partial charge in [0.05, 0.1) is 16.7 Å². The highest BCUT2D eigenvalue weighted by Crippen LogP contribution is 2.33. The Labute approximate surface area is 182 Å². The molecule has 8 nitrogen and oxygen atoms in total. The number of para-hydroxylation sites is 4. The summed E-state index contributed by atoms with van der Waals surface area (Å²) in [5.74, 6) is 2.33. The molecule has 8 heteroatoms. The molecule has 0 spiro atoms. The van der Waals surface area contributed by atoms with Crippen LogP contribution in [0.2, 0.25) is 0 Å². The minimum atomic E-state index is 0.349. The van der Waals surface area contributed by atoms with Crippen LogP contribution in [0.25, 0.3) is 39.5 Å². The Morgan fingerprint density at radius 1 is 0.844 bits per heavy atom. The first kappa shape index (κ1) is 18.1. The Kier molecular flexibility index (Phi) is 4.07. The molecule has 0 aliphatic carbocycles. The maximum absolute atomic E-state index is 6.43. The number of aromatic nitrogens is 6. The van der Waals surface area contributed by atoms with Gasteiger partial charge in [0.15, 0.2) is 23.0 Å². The van der Waals surface area contributed by atoms with E-state index in [2.05, 4.69) is 20.2 Å². The van der Waals surface area contributed by atoms with Gasteiger partial charge in [0, 0.05) is 11.6 Å². The summed E-state index contributed by atoms with van der Waals surface area (Å²) in [7, 11) is 0. The number of hydrogen-bond donors (Lipinski definition) is 2. The van der Waals surface area contributed by atoms with Crippen LogP contribution < -0.4 is 10.5 Å². The van der Waals surface area contributed by atoms with E-state index < -0.39 is 0 Å². The van der Waals surface area contributed by atoms with Gasteiger partial charge >= 0.3 is 0 Å². The van der Waals surface area contributed by atoms with E-state index in [0.717, 1.165) is 22.3 Å². The lowest BCUT2D eigenvalue weighted by Gasteiger charge is -2.09. The monoisotopic (exact) mass is 419 g/mol. The number of nitrogens with zero attached hydrogens (tertiary/aromatic N) is 5. The van der Waals surface area contributed by atoms with Crippen molar-refractivity contribution in [2.24, 2.45) is 0 Å². The normalized spacial score (nSPS) is 11.2. The second-order valence-corrected chi connectivity index (χ2v) is 7.25. The molecule has 3 heterocycles. The highest BCUT2D eigenvalue weighted by Gasteiger charge is 2.18. The van der Waals surface area contributed by atoms with Crippen molar-refractivity contribution in [3.05, 3.63) is 84.9 Å². The third-order valence-electron chi connectivity index (χ3n) is 5.16. The number of nitrogen functional groups attached to an aromatic ring is 1. The average molecular weight is 419 g/mol. The number of anilines is 1. The first-order chi connectivity index (χ1) is 15.8. The van der Waals surface area contributed by atoms with Gasteiger partial charge in [0.2, 0.25) is 0 Å². The number of nitrogens with one attached hydrogen (secondary N) is 1. The molecule has 0 saturated carbocycles. The van der Waals surface area contributed by atoms with Crippen LogP contribution >= 0.6 is 0 Å². The fourth-order valence-electron chi connectivity index (χ4n) is 3.62.